The van der Waals surface area contributed by atoms with Crippen LogP contribution in [0.2, 0.25) is 0 Å². The van der Waals surface area contributed by atoms with E-state index in [1.165, 1.54) is 179 Å². The Kier molecular flexibility index (Phi) is 24.7. The number of hydrogen-bond acceptors (Lipinski definition) is 16. The first-order valence-electron chi connectivity index (χ1n) is 22.2. The Labute approximate surface area is 442 Å². The highest BCUT2D eigenvalue weighted by Gasteiger charge is 2.36. The van der Waals surface area contributed by atoms with Crippen molar-refractivity contribution in [2.45, 2.75) is 130 Å². The summed E-state index contributed by atoms with van der Waals surface area (Å²) in [6.45, 7) is 9.23. The smallest absolute Gasteiger partial charge is 0.0718 e. The molecule has 0 nitrogen and oxygen atoms in total. The van der Waals surface area contributed by atoms with Crippen molar-refractivity contribution in [3.8, 4) is 0 Å². The van der Waals surface area contributed by atoms with E-state index < -0.39 is 0 Å². The minimum Gasteiger partial charge on any atom is -0.117 e. The summed E-state index contributed by atoms with van der Waals surface area (Å²) in [5.41, 5.74) is 2.58. The molecular weight excluding hydrogens is 1070 g/mol. The molecule has 338 valence electrons. The van der Waals surface area contributed by atoms with Crippen LogP contribution in [0.5, 0.6) is 0 Å². The van der Waals surface area contributed by atoms with Gasteiger partial charge in [0.15, 0.2) is 0 Å². The van der Waals surface area contributed by atoms with Crippen molar-refractivity contribution in [2.75, 3.05) is 23.0 Å². The first-order chi connectivity index (χ1) is 30.5. The zero-order valence-electron chi connectivity index (χ0n) is 36.1. The van der Waals surface area contributed by atoms with Gasteiger partial charge in [0.2, 0.25) is 0 Å². The lowest BCUT2D eigenvalue weighted by Crippen LogP contribution is -1.83. The van der Waals surface area contributed by atoms with E-state index in [1.54, 1.807) is 16.9 Å². The molecule has 0 bridgehead atoms. The number of rotatable bonds is 26. The van der Waals surface area contributed by atoms with Crippen LogP contribution in [0.25, 0.3) is 12.2 Å². The van der Waals surface area contributed by atoms with E-state index in [0.717, 1.165) is 0 Å². The summed E-state index contributed by atoms with van der Waals surface area (Å²) >= 11 is 32.7. The zero-order chi connectivity index (χ0) is 42.9. The average Bonchev–Trinajstić information content (AvgIpc) is 4.13. The molecule has 16 heteroatoms. The topological polar surface area (TPSA) is 0 Å². The summed E-state index contributed by atoms with van der Waals surface area (Å²) in [5.74, 6) is 5.01. The number of unbranched alkanes of at least 4 members (excludes halogenated alkanes) is 12. The van der Waals surface area contributed by atoms with Gasteiger partial charge in [0.25, 0.3) is 0 Å². The van der Waals surface area contributed by atoms with Crippen LogP contribution in [0, 0.1) is 0 Å². The van der Waals surface area contributed by atoms with E-state index in [1.807, 2.05) is 94.1 Å². The fourth-order valence-corrected chi connectivity index (χ4v) is 31.4. The minimum absolute atomic E-state index is 1.25. The van der Waals surface area contributed by atoms with E-state index in [9.17, 15) is 0 Å². The highest BCUT2D eigenvalue weighted by atomic mass is 32.3. The maximum atomic E-state index is 2.39. The lowest BCUT2D eigenvalue weighted by atomic mass is 10.1. The Morgan fingerprint density at radius 1 is 0.306 bits per heavy atom. The van der Waals surface area contributed by atoms with Crippen molar-refractivity contribution < 1.29 is 0 Å². The molecule has 0 amide bonds. The van der Waals surface area contributed by atoms with Crippen molar-refractivity contribution in [3.63, 3.8) is 0 Å². The molecule has 6 aliphatic rings. The molecule has 0 unspecified atom stereocenters. The molecule has 0 fully saturated rings. The van der Waals surface area contributed by atoms with Gasteiger partial charge in [-0.1, -0.05) is 270 Å². The lowest BCUT2D eigenvalue weighted by molar-refractivity contribution is 0.707. The molecule has 0 spiro atoms. The van der Waals surface area contributed by atoms with Gasteiger partial charge in [-0.3, -0.25) is 0 Å². The SMILES string of the molecule is CCCCCCSC1=C(SCCCCCC)SC(=C2SC3=C(SC(=Cc4ccc(C=C5SC6=C(S5)SC(=C5SC(SCCCCCC)=C(SCCCCCC)S5)S6)cc4)S3)S2)S1. The summed E-state index contributed by atoms with van der Waals surface area (Å²) in [7, 11) is 0. The Bertz CT molecular complexity index is 1710. The quantitative estimate of drug-likeness (QED) is 0.0808. The van der Waals surface area contributed by atoms with Crippen LogP contribution >= 0.6 is 188 Å². The Hall–Kier alpha value is 2.74. The highest BCUT2D eigenvalue weighted by molar-refractivity contribution is 8.51. The molecule has 0 aliphatic carbocycles. The third-order valence-corrected chi connectivity index (χ3v) is 33.1. The van der Waals surface area contributed by atoms with Crippen molar-refractivity contribution in [1.29, 1.82) is 0 Å². The average molecular weight is 1120 g/mol. The predicted molar refractivity (Wildman–Crippen MR) is 322 cm³/mol. The summed E-state index contributed by atoms with van der Waals surface area (Å²) in [5, 5.41) is 0. The molecule has 62 heavy (non-hydrogen) atoms. The standard InChI is InChI=1S/C46H58S16/c1-5-9-13-17-25-47-35-36(48-26-18-14-10-6-2)56-43(55-35)45-59-39-40(60-45)52-33(51-39)29-31-21-23-32(24-22-31)30-34-53-41-42(54-34)62-46(61-41)44-57-37(49-27-19-15-11-7-3)38(58-44)50-28-20-16-12-8-4/h21-24,29-30H,5-20,25-28H2,1-4H3. The summed E-state index contributed by atoms with van der Waals surface area (Å²) in [6.07, 6.45) is 26.3. The van der Waals surface area contributed by atoms with E-state index in [4.69, 9.17) is 0 Å². The van der Waals surface area contributed by atoms with Crippen molar-refractivity contribution in [1.82, 2.24) is 0 Å². The Morgan fingerprint density at radius 3 is 0.806 bits per heavy atom. The summed E-state index contributed by atoms with van der Waals surface area (Å²) < 4.78 is 21.0. The Balaban J connectivity index is 0.872. The molecule has 0 saturated carbocycles. The molecular formula is C46H58S16. The third kappa shape index (κ3) is 16.4. The van der Waals surface area contributed by atoms with Gasteiger partial charge in [-0.25, -0.2) is 0 Å². The second-order valence-electron chi connectivity index (χ2n) is 14.9. The monoisotopic (exact) mass is 1120 g/mol. The second kappa shape index (κ2) is 29.2. The van der Waals surface area contributed by atoms with Crippen LogP contribution in [-0.4, -0.2) is 23.0 Å². The van der Waals surface area contributed by atoms with Gasteiger partial charge in [-0.15, -0.1) is 47.0 Å². The lowest BCUT2D eigenvalue weighted by Gasteiger charge is -2.07. The van der Waals surface area contributed by atoms with Crippen LogP contribution in [0.15, 0.2) is 83.6 Å². The predicted octanol–water partition coefficient (Wildman–Crippen LogP) is 23.2. The van der Waals surface area contributed by atoms with Gasteiger partial charge in [-0.05, 0) is 72.0 Å². The number of thioether (sulfide) groups is 16. The van der Waals surface area contributed by atoms with Crippen LogP contribution in [0.1, 0.15) is 142 Å². The largest absolute Gasteiger partial charge is 0.117 e. The van der Waals surface area contributed by atoms with Gasteiger partial charge >= 0.3 is 0 Å². The summed E-state index contributed by atoms with van der Waals surface area (Å²) in [6, 6.07) is 9.21. The maximum absolute atomic E-state index is 2.39. The zero-order valence-corrected chi connectivity index (χ0v) is 49.2. The van der Waals surface area contributed by atoms with E-state index in [0.29, 0.717) is 0 Å². The van der Waals surface area contributed by atoms with Crippen LogP contribution in [0.3, 0.4) is 0 Å². The van der Waals surface area contributed by atoms with E-state index in [-0.39, 0.29) is 0 Å². The molecule has 6 aliphatic heterocycles. The van der Waals surface area contributed by atoms with Crippen LogP contribution in [-0.2, 0) is 0 Å². The molecule has 0 radical (unpaired) electrons. The van der Waals surface area contributed by atoms with Crippen molar-refractivity contribution in [3.05, 3.63) is 94.7 Å². The minimum atomic E-state index is 1.25. The normalized spacial score (nSPS) is 19.0. The third-order valence-electron chi connectivity index (χ3n) is 9.69. The first-order valence-corrected chi connectivity index (χ1v) is 35.9. The summed E-state index contributed by atoms with van der Waals surface area (Å²) in [4.78, 5) is 0. The van der Waals surface area contributed by atoms with Crippen LogP contribution < -0.4 is 0 Å². The van der Waals surface area contributed by atoms with Gasteiger partial charge in [0.05, 0.1) is 59.3 Å². The highest BCUT2D eigenvalue weighted by Crippen LogP contribution is 2.72. The second-order valence-corrected chi connectivity index (χ2v) is 35.3. The van der Waals surface area contributed by atoms with Gasteiger partial charge in [-0.2, -0.15) is 0 Å². The fourth-order valence-electron chi connectivity index (χ4n) is 6.29. The van der Waals surface area contributed by atoms with Crippen molar-refractivity contribution in [2.24, 2.45) is 0 Å². The van der Waals surface area contributed by atoms with Crippen molar-refractivity contribution >= 4 is 200 Å². The Morgan fingerprint density at radius 2 is 0.548 bits per heavy atom. The maximum Gasteiger partial charge on any atom is 0.0718 e. The molecule has 0 aromatic heterocycles. The van der Waals surface area contributed by atoms with Gasteiger partial charge < -0.3 is 0 Å². The molecule has 0 atom stereocenters. The van der Waals surface area contributed by atoms with Gasteiger partial charge in [0, 0.05) is 0 Å². The molecule has 6 heterocycles. The first kappa shape index (κ1) is 52.6. The van der Waals surface area contributed by atoms with Crippen LogP contribution in [0.4, 0.5) is 0 Å². The van der Waals surface area contributed by atoms with E-state index >= 15 is 0 Å². The van der Waals surface area contributed by atoms with Gasteiger partial charge in [0.1, 0.15) is 0 Å². The number of hydrogen-bond donors (Lipinski definition) is 0. The molecule has 0 saturated heterocycles. The molecule has 1 aromatic rings. The molecule has 0 N–H and O–H groups in total. The molecule has 1 aromatic carbocycles. The number of benzene rings is 1. The van der Waals surface area contributed by atoms with E-state index in [2.05, 4.69) is 158 Å². The fraction of sp³-hybridized carbons (Fsp3) is 0.522. The molecule has 7 rings (SSSR count).